The van der Waals surface area contributed by atoms with Crippen molar-refractivity contribution in [2.45, 2.75) is 19.9 Å². The van der Waals surface area contributed by atoms with Gasteiger partial charge in [0, 0.05) is 24.9 Å². The van der Waals surface area contributed by atoms with Gasteiger partial charge in [-0.3, -0.25) is 0 Å². The van der Waals surface area contributed by atoms with Crippen LogP contribution in [0.1, 0.15) is 12.7 Å². The summed E-state index contributed by atoms with van der Waals surface area (Å²) in [5.74, 6) is 2.86. The van der Waals surface area contributed by atoms with Gasteiger partial charge in [-0.2, -0.15) is 11.8 Å². The maximum atomic E-state index is 4.41. The molecule has 5 heteroatoms. The van der Waals surface area contributed by atoms with Gasteiger partial charge in [0.15, 0.2) is 0 Å². The van der Waals surface area contributed by atoms with Crippen LogP contribution >= 0.6 is 27.7 Å². The highest BCUT2D eigenvalue weighted by Gasteiger charge is 2.11. The maximum Gasteiger partial charge on any atom is 0.133 e. The minimum absolute atomic E-state index is 0.473. The lowest BCUT2D eigenvalue weighted by atomic mass is 10.3. The van der Waals surface area contributed by atoms with Crippen LogP contribution in [-0.4, -0.2) is 35.1 Å². The Kier molecular flexibility index (Phi) is 4.86. The number of aryl methyl sites for hydroxylation is 1. The SMILES string of the molecule is CSCC(C)N(C)c1cc(Br)nc(C)n1. The first-order chi connectivity index (χ1) is 7.04. The third-order valence-electron chi connectivity index (χ3n) is 2.22. The van der Waals surface area contributed by atoms with Gasteiger partial charge in [0.1, 0.15) is 16.2 Å². The van der Waals surface area contributed by atoms with Gasteiger partial charge < -0.3 is 4.90 Å². The molecule has 0 aliphatic rings. The second kappa shape index (κ2) is 5.70. The lowest BCUT2D eigenvalue weighted by molar-refractivity contribution is 0.747. The van der Waals surface area contributed by atoms with E-state index in [1.165, 1.54) is 0 Å². The van der Waals surface area contributed by atoms with E-state index in [-0.39, 0.29) is 0 Å². The van der Waals surface area contributed by atoms with E-state index < -0.39 is 0 Å². The van der Waals surface area contributed by atoms with Gasteiger partial charge in [0.05, 0.1) is 0 Å². The molecule has 0 bridgehead atoms. The number of nitrogens with zero attached hydrogens (tertiary/aromatic N) is 3. The predicted octanol–water partition coefficient (Wildman–Crippen LogP) is 2.74. The Labute approximate surface area is 104 Å². The fourth-order valence-corrected chi connectivity index (χ4v) is 2.44. The Morgan fingerprint density at radius 2 is 2.20 bits per heavy atom. The molecule has 0 spiro atoms. The molecule has 0 N–H and O–H groups in total. The number of halogens is 1. The summed E-state index contributed by atoms with van der Waals surface area (Å²) in [7, 11) is 2.06. The molecule has 0 aliphatic carbocycles. The average Bonchev–Trinajstić information content (AvgIpc) is 2.15. The second-order valence-corrected chi connectivity index (χ2v) is 5.23. The molecule has 0 amide bonds. The highest BCUT2D eigenvalue weighted by atomic mass is 79.9. The number of anilines is 1. The van der Waals surface area contributed by atoms with Gasteiger partial charge in [0.25, 0.3) is 0 Å². The van der Waals surface area contributed by atoms with E-state index >= 15 is 0 Å². The molecule has 1 heterocycles. The normalized spacial score (nSPS) is 12.6. The molecule has 0 fully saturated rings. The van der Waals surface area contributed by atoms with Crippen LogP contribution in [0.5, 0.6) is 0 Å². The molecule has 1 aromatic rings. The first-order valence-electron chi connectivity index (χ1n) is 4.77. The van der Waals surface area contributed by atoms with Crippen LogP contribution in [-0.2, 0) is 0 Å². The van der Waals surface area contributed by atoms with Gasteiger partial charge in [-0.15, -0.1) is 0 Å². The quantitative estimate of drug-likeness (QED) is 0.797. The lowest BCUT2D eigenvalue weighted by Crippen LogP contribution is -2.31. The third kappa shape index (κ3) is 3.65. The van der Waals surface area contributed by atoms with E-state index in [2.05, 4.69) is 51.0 Å². The fraction of sp³-hybridized carbons (Fsp3) is 0.600. The van der Waals surface area contributed by atoms with Crippen molar-refractivity contribution in [2.24, 2.45) is 0 Å². The van der Waals surface area contributed by atoms with Crippen LogP contribution in [0.15, 0.2) is 10.7 Å². The van der Waals surface area contributed by atoms with Crippen LogP contribution in [0.25, 0.3) is 0 Å². The van der Waals surface area contributed by atoms with Crippen LogP contribution in [0, 0.1) is 6.92 Å². The minimum atomic E-state index is 0.473. The zero-order valence-electron chi connectivity index (χ0n) is 9.49. The van der Waals surface area contributed by atoms with Crippen LogP contribution < -0.4 is 4.90 Å². The van der Waals surface area contributed by atoms with Gasteiger partial charge in [0.2, 0.25) is 0 Å². The monoisotopic (exact) mass is 289 g/mol. The topological polar surface area (TPSA) is 29.0 Å². The van der Waals surface area contributed by atoms with Gasteiger partial charge in [-0.1, -0.05) is 0 Å². The maximum absolute atomic E-state index is 4.41. The van der Waals surface area contributed by atoms with Crippen molar-refractivity contribution in [3.05, 3.63) is 16.5 Å². The van der Waals surface area contributed by atoms with Gasteiger partial charge >= 0.3 is 0 Å². The van der Waals surface area contributed by atoms with E-state index in [9.17, 15) is 0 Å². The molecular weight excluding hydrogens is 274 g/mol. The van der Waals surface area contributed by atoms with Crippen molar-refractivity contribution >= 4 is 33.5 Å². The molecule has 0 saturated heterocycles. The van der Waals surface area contributed by atoms with Crippen LogP contribution in [0.4, 0.5) is 5.82 Å². The highest BCUT2D eigenvalue weighted by Crippen LogP contribution is 2.18. The second-order valence-electron chi connectivity index (χ2n) is 3.51. The van der Waals surface area contributed by atoms with Crippen molar-refractivity contribution < 1.29 is 0 Å². The van der Waals surface area contributed by atoms with Gasteiger partial charge in [-0.05, 0) is 36.0 Å². The first-order valence-corrected chi connectivity index (χ1v) is 6.96. The standard InChI is InChI=1S/C10H16BrN3S/c1-7(6-15-4)14(3)10-5-9(11)12-8(2)13-10/h5,7H,6H2,1-4H3. The Morgan fingerprint density at radius 1 is 1.53 bits per heavy atom. The summed E-state index contributed by atoms with van der Waals surface area (Å²) in [4.78, 5) is 10.8. The Morgan fingerprint density at radius 3 is 2.73 bits per heavy atom. The summed E-state index contributed by atoms with van der Waals surface area (Å²) in [6.07, 6.45) is 2.12. The third-order valence-corrected chi connectivity index (χ3v) is 3.45. The van der Waals surface area contributed by atoms with Crippen molar-refractivity contribution in [1.82, 2.24) is 9.97 Å². The van der Waals surface area contributed by atoms with E-state index in [0.717, 1.165) is 22.0 Å². The van der Waals surface area contributed by atoms with E-state index in [4.69, 9.17) is 0 Å². The van der Waals surface area contributed by atoms with Crippen LogP contribution in [0.2, 0.25) is 0 Å². The van der Waals surface area contributed by atoms with Crippen molar-refractivity contribution in [3.63, 3.8) is 0 Å². The molecule has 0 aromatic carbocycles. The molecule has 0 saturated carbocycles. The molecular formula is C10H16BrN3S. The summed E-state index contributed by atoms with van der Waals surface area (Å²) in [5, 5.41) is 0. The number of thioether (sulfide) groups is 1. The molecule has 0 radical (unpaired) electrons. The number of hydrogen-bond donors (Lipinski definition) is 0. The predicted molar refractivity (Wildman–Crippen MR) is 70.7 cm³/mol. The molecule has 15 heavy (non-hydrogen) atoms. The van der Waals surface area contributed by atoms with E-state index in [1.54, 1.807) is 0 Å². The summed E-state index contributed by atoms with van der Waals surface area (Å²) >= 11 is 5.23. The lowest BCUT2D eigenvalue weighted by Gasteiger charge is -2.25. The Balaban J connectivity index is 2.85. The van der Waals surface area contributed by atoms with Crippen LogP contribution in [0.3, 0.4) is 0 Å². The molecule has 84 valence electrons. The summed E-state index contributed by atoms with van der Waals surface area (Å²) in [6, 6.07) is 2.42. The minimum Gasteiger partial charge on any atom is -0.356 e. The Bertz CT molecular complexity index is 312. The van der Waals surface area contributed by atoms with Crippen molar-refractivity contribution in [2.75, 3.05) is 24.0 Å². The smallest absolute Gasteiger partial charge is 0.133 e. The molecule has 1 aromatic heterocycles. The molecule has 0 aliphatic heterocycles. The van der Waals surface area contributed by atoms with E-state index in [0.29, 0.717) is 6.04 Å². The van der Waals surface area contributed by atoms with Crippen molar-refractivity contribution in [1.29, 1.82) is 0 Å². The zero-order chi connectivity index (χ0) is 11.4. The first kappa shape index (κ1) is 12.8. The summed E-state index contributed by atoms with van der Waals surface area (Å²) in [5.41, 5.74) is 0. The summed E-state index contributed by atoms with van der Waals surface area (Å²) in [6.45, 7) is 4.10. The largest absolute Gasteiger partial charge is 0.356 e. The Hall–Kier alpha value is -0.290. The average molecular weight is 290 g/mol. The molecule has 1 unspecified atom stereocenters. The molecule has 3 nitrogen and oxygen atoms in total. The number of rotatable bonds is 4. The summed E-state index contributed by atoms with van der Waals surface area (Å²) < 4.78 is 0.841. The van der Waals surface area contributed by atoms with Crippen molar-refractivity contribution in [3.8, 4) is 0 Å². The molecule has 1 atom stereocenters. The zero-order valence-corrected chi connectivity index (χ0v) is 11.9. The van der Waals surface area contributed by atoms with E-state index in [1.807, 2.05) is 24.8 Å². The molecule has 1 rings (SSSR count). The highest BCUT2D eigenvalue weighted by molar-refractivity contribution is 9.10. The number of hydrogen-bond acceptors (Lipinski definition) is 4. The number of aromatic nitrogens is 2. The van der Waals surface area contributed by atoms with Gasteiger partial charge in [-0.25, -0.2) is 9.97 Å². The fourth-order valence-electron chi connectivity index (χ4n) is 1.28.